The molecule has 1 atom stereocenters. The van der Waals surface area contributed by atoms with Crippen LogP contribution >= 0.6 is 0 Å². The lowest BCUT2D eigenvalue weighted by atomic mass is 9.99. The highest BCUT2D eigenvalue weighted by Crippen LogP contribution is 2.24. The maximum Gasteiger partial charge on any atom is 0.243 e. The van der Waals surface area contributed by atoms with E-state index in [0.717, 1.165) is 23.4 Å². The molecule has 1 aliphatic heterocycles. The first-order valence-electron chi connectivity index (χ1n) is 11.1. The lowest BCUT2D eigenvalue weighted by Gasteiger charge is -2.31. The molecule has 4 rings (SSSR count). The van der Waals surface area contributed by atoms with Gasteiger partial charge in [-0.1, -0.05) is 18.2 Å². The zero-order chi connectivity index (χ0) is 24.0. The third kappa shape index (κ3) is 5.98. The molecule has 3 aromatic rings. The van der Waals surface area contributed by atoms with Gasteiger partial charge in [-0.3, -0.25) is 9.78 Å². The van der Waals surface area contributed by atoms with Gasteiger partial charge in [0.05, 0.1) is 16.5 Å². The Hall–Kier alpha value is -3.30. The molecule has 178 valence electrons. The fourth-order valence-corrected chi connectivity index (χ4v) is 5.37. The molecular formula is C25H26FN3O4S. The Kier molecular flexibility index (Phi) is 7.54. The molecule has 1 N–H and O–H groups in total. The largest absolute Gasteiger partial charge is 0.487 e. The van der Waals surface area contributed by atoms with E-state index in [1.54, 1.807) is 6.20 Å². The van der Waals surface area contributed by atoms with Crippen molar-refractivity contribution in [2.75, 3.05) is 13.1 Å². The van der Waals surface area contributed by atoms with Crippen LogP contribution in [0.25, 0.3) is 0 Å². The van der Waals surface area contributed by atoms with Gasteiger partial charge < -0.3 is 10.1 Å². The van der Waals surface area contributed by atoms with Gasteiger partial charge in [0.25, 0.3) is 0 Å². The Bertz CT molecular complexity index is 1220. The van der Waals surface area contributed by atoms with Crippen LogP contribution in [-0.2, 0) is 28.0 Å². The summed E-state index contributed by atoms with van der Waals surface area (Å²) in [6, 6.07) is 17.8. The molecular weight excluding hydrogens is 457 g/mol. The summed E-state index contributed by atoms with van der Waals surface area (Å²) < 4.78 is 46.1. The average Bonchev–Trinajstić information content (AvgIpc) is 2.87. The molecule has 1 aromatic heterocycles. The Morgan fingerprint density at radius 1 is 1.12 bits per heavy atom. The summed E-state index contributed by atoms with van der Waals surface area (Å²) in [6.45, 7) is 1.08. The van der Waals surface area contributed by atoms with Gasteiger partial charge in [-0.15, -0.1) is 0 Å². The second kappa shape index (κ2) is 10.8. The van der Waals surface area contributed by atoms with Gasteiger partial charge in [-0.25, -0.2) is 12.8 Å². The molecule has 1 amide bonds. The number of halogens is 1. The molecule has 1 saturated heterocycles. The highest BCUT2D eigenvalue weighted by Gasteiger charge is 2.33. The first-order chi connectivity index (χ1) is 16.4. The summed E-state index contributed by atoms with van der Waals surface area (Å²) in [5, 5.41) is 2.91. The summed E-state index contributed by atoms with van der Waals surface area (Å²) in [4.78, 5) is 17.1. The number of benzene rings is 2. The van der Waals surface area contributed by atoms with Gasteiger partial charge in [0.15, 0.2) is 0 Å². The van der Waals surface area contributed by atoms with Crippen LogP contribution in [0.15, 0.2) is 77.8 Å². The van der Waals surface area contributed by atoms with E-state index in [-0.39, 0.29) is 17.3 Å². The molecule has 7 nitrogen and oxygen atoms in total. The van der Waals surface area contributed by atoms with Crippen molar-refractivity contribution < 1.29 is 22.3 Å². The van der Waals surface area contributed by atoms with Gasteiger partial charge >= 0.3 is 0 Å². The number of nitrogens with zero attached hydrogens (tertiary/aromatic N) is 2. The number of amides is 1. The Morgan fingerprint density at radius 2 is 1.94 bits per heavy atom. The molecule has 1 aliphatic rings. The number of ether oxygens (including phenoxy) is 1. The third-order valence-electron chi connectivity index (χ3n) is 5.68. The van der Waals surface area contributed by atoms with Crippen LogP contribution in [0.4, 0.5) is 4.39 Å². The predicted molar refractivity (Wildman–Crippen MR) is 125 cm³/mol. The molecule has 1 unspecified atom stereocenters. The molecule has 0 aliphatic carbocycles. The van der Waals surface area contributed by atoms with Crippen LogP contribution in [-0.4, -0.2) is 36.7 Å². The molecule has 2 aromatic carbocycles. The van der Waals surface area contributed by atoms with Crippen LogP contribution < -0.4 is 10.1 Å². The summed E-state index contributed by atoms with van der Waals surface area (Å²) in [7, 11) is -3.78. The average molecular weight is 484 g/mol. The highest BCUT2D eigenvalue weighted by atomic mass is 32.2. The fraction of sp³-hybridized carbons (Fsp3) is 0.280. The van der Waals surface area contributed by atoms with Crippen LogP contribution in [0.1, 0.15) is 24.1 Å². The predicted octanol–water partition coefficient (Wildman–Crippen LogP) is 3.52. The Morgan fingerprint density at radius 3 is 2.71 bits per heavy atom. The number of hydrogen-bond acceptors (Lipinski definition) is 5. The molecule has 34 heavy (non-hydrogen) atoms. The monoisotopic (exact) mass is 483 g/mol. The highest BCUT2D eigenvalue weighted by molar-refractivity contribution is 7.89. The van der Waals surface area contributed by atoms with E-state index in [1.165, 1.54) is 16.4 Å². The number of aromatic nitrogens is 1. The van der Waals surface area contributed by atoms with Crippen molar-refractivity contribution in [3.63, 3.8) is 0 Å². The van der Waals surface area contributed by atoms with E-state index in [4.69, 9.17) is 4.74 Å². The van der Waals surface area contributed by atoms with Crippen LogP contribution in [0.3, 0.4) is 0 Å². The smallest absolute Gasteiger partial charge is 0.243 e. The Labute approximate surface area is 198 Å². The van der Waals surface area contributed by atoms with Crippen molar-refractivity contribution in [2.24, 2.45) is 5.92 Å². The normalized spacial score (nSPS) is 16.7. The van der Waals surface area contributed by atoms with Gasteiger partial charge in [0, 0.05) is 25.8 Å². The van der Waals surface area contributed by atoms with Crippen molar-refractivity contribution >= 4 is 15.9 Å². The van der Waals surface area contributed by atoms with E-state index in [9.17, 15) is 17.6 Å². The van der Waals surface area contributed by atoms with Crippen molar-refractivity contribution in [1.29, 1.82) is 0 Å². The first kappa shape index (κ1) is 23.8. The first-order valence-corrected chi connectivity index (χ1v) is 12.5. The Balaban J connectivity index is 1.32. The van der Waals surface area contributed by atoms with E-state index >= 15 is 0 Å². The number of sulfonamides is 1. The van der Waals surface area contributed by atoms with Crippen molar-refractivity contribution in [1.82, 2.24) is 14.6 Å². The fourth-order valence-electron chi connectivity index (χ4n) is 3.85. The number of pyridine rings is 1. The van der Waals surface area contributed by atoms with Crippen molar-refractivity contribution in [3.05, 3.63) is 90.0 Å². The van der Waals surface area contributed by atoms with E-state index < -0.39 is 21.8 Å². The molecule has 9 heteroatoms. The summed E-state index contributed by atoms with van der Waals surface area (Å²) in [6.07, 6.45) is 2.89. The molecule has 0 saturated carbocycles. The van der Waals surface area contributed by atoms with Gasteiger partial charge in [0.2, 0.25) is 15.9 Å². The second-order valence-electron chi connectivity index (χ2n) is 8.13. The third-order valence-corrected chi connectivity index (χ3v) is 7.56. The standard InChI is InChI=1S/C25H26FN3O4S/c26-21-9-11-24(12-10-21)34(31,32)29-14-4-6-20(17-29)25(30)28-16-19-5-3-8-23(15-19)33-18-22-7-1-2-13-27-22/h1-3,5,7-13,15,20H,4,6,14,16-18H2,(H,28,30). The summed E-state index contributed by atoms with van der Waals surface area (Å²) >= 11 is 0. The van der Waals surface area contributed by atoms with Crippen LogP contribution in [0.5, 0.6) is 5.75 Å². The van der Waals surface area contributed by atoms with E-state index in [0.29, 0.717) is 38.3 Å². The number of rotatable bonds is 8. The van der Waals surface area contributed by atoms with Crippen molar-refractivity contribution in [2.45, 2.75) is 30.9 Å². The zero-order valence-corrected chi connectivity index (χ0v) is 19.4. The van der Waals surface area contributed by atoms with E-state index in [2.05, 4.69) is 10.3 Å². The van der Waals surface area contributed by atoms with Crippen LogP contribution in [0, 0.1) is 11.7 Å². The van der Waals surface area contributed by atoms with Gasteiger partial charge in [-0.05, 0) is 66.9 Å². The summed E-state index contributed by atoms with van der Waals surface area (Å²) in [5.41, 5.74) is 1.69. The number of nitrogens with one attached hydrogen (secondary N) is 1. The van der Waals surface area contributed by atoms with Gasteiger partial charge in [-0.2, -0.15) is 4.31 Å². The topological polar surface area (TPSA) is 88.6 Å². The minimum Gasteiger partial charge on any atom is -0.487 e. The SMILES string of the molecule is O=C(NCc1cccc(OCc2ccccn2)c1)C1CCCN(S(=O)(=O)c2ccc(F)cc2)C1. The van der Waals surface area contributed by atoms with Crippen molar-refractivity contribution in [3.8, 4) is 5.75 Å². The summed E-state index contributed by atoms with van der Waals surface area (Å²) in [5.74, 6) is -0.473. The molecule has 0 bridgehead atoms. The number of carbonyl (C=O) groups is 1. The number of piperidine rings is 1. The minimum atomic E-state index is -3.78. The minimum absolute atomic E-state index is 0.0254. The van der Waals surface area contributed by atoms with Gasteiger partial charge in [0.1, 0.15) is 18.2 Å². The molecule has 2 heterocycles. The zero-order valence-electron chi connectivity index (χ0n) is 18.6. The molecule has 1 fully saturated rings. The lowest BCUT2D eigenvalue weighted by Crippen LogP contribution is -2.45. The van der Waals surface area contributed by atoms with E-state index in [1.807, 2.05) is 42.5 Å². The quantitative estimate of drug-likeness (QED) is 0.530. The lowest BCUT2D eigenvalue weighted by molar-refractivity contribution is -0.126. The molecule has 0 spiro atoms. The maximum absolute atomic E-state index is 13.2. The maximum atomic E-state index is 13.2. The van der Waals surface area contributed by atoms with Crippen LogP contribution in [0.2, 0.25) is 0 Å². The number of hydrogen-bond donors (Lipinski definition) is 1. The second-order valence-corrected chi connectivity index (χ2v) is 10.1. The number of carbonyl (C=O) groups excluding carboxylic acids is 1. The molecule has 0 radical (unpaired) electrons.